The molecule has 27 heavy (non-hydrogen) atoms. The Kier molecular flexibility index (Phi) is 4.16. The summed E-state index contributed by atoms with van der Waals surface area (Å²) in [5.74, 6) is 0.669. The molecule has 8 heteroatoms. The highest BCUT2D eigenvalue weighted by molar-refractivity contribution is 7.12. The maximum atomic E-state index is 12.4. The van der Waals surface area contributed by atoms with Crippen LogP contribution in [0.25, 0.3) is 0 Å². The number of fused-ring (bicyclic) bond motifs is 2. The summed E-state index contributed by atoms with van der Waals surface area (Å²) < 4.78 is 21.7. The molecule has 2 N–H and O–H groups in total. The van der Waals surface area contributed by atoms with Gasteiger partial charge in [0, 0.05) is 4.88 Å². The van der Waals surface area contributed by atoms with Gasteiger partial charge >= 0.3 is 5.97 Å². The third-order valence-electron chi connectivity index (χ3n) is 4.42. The average molecular weight is 384 g/mol. The molecule has 0 radical (unpaired) electrons. The van der Waals surface area contributed by atoms with Gasteiger partial charge in [-0.25, -0.2) is 4.79 Å². The summed E-state index contributed by atoms with van der Waals surface area (Å²) in [7, 11) is 0. The van der Waals surface area contributed by atoms with Gasteiger partial charge in [-0.05, 0) is 31.5 Å². The van der Waals surface area contributed by atoms with Gasteiger partial charge in [-0.2, -0.15) is 5.26 Å². The summed E-state index contributed by atoms with van der Waals surface area (Å²) >= 11 is 1.39. The van der Waals surface area contributed by atoms with Crippen LogP contribution in [-0.4, -0.2) is 19.4 Å². The van der Waals surface area contributed by atoms with E-state index in [-0.39, 0.29) is 24.9 Å². The molecule has 1 atom stereocenters. The number of hydrogen-bond donors (Lipinski definition) is 1. The molecule has 1 aromatic heterocycles. The first-order valence-electron chi connectivity index (χ1n) is 8.32. The molecular formula is C19H16N2O5S. The van der Waals surface area contributed by atoms with E-state index in [4.69, 9.17) is 24.7 Å². The SMILES string of the molecule is CCOC(=O)c1c(C)sc2c1OC(N)=C(C#N)[C@@H]2c1ccc2c(c1)OCO2. The van der Waals surface area contributed by atoms with Crippen LogP contribution < -0.4 is 19.9 Å². The molecule has 7 nitrogen and oxygen atoms in total. The minimum Gasteiger partial charge on any atom is -0.462 e. The standard InChI is InChI=1S/C19H16N2O5S/c1-3-23-19(22)14-9(2)27-17-15(11(7-20)18(21)26-16(14)17)10-4-5-12-13(6-10)25-8-24-12/h4-6,15H,3,8,21H2,1-2H3/t15-/m0/s1. The molecule has 0 unspecified atom stereocenters. The van der Waals surface area contributed by atoms with E-state index in [1.807, 2.05) is 19.1 Å². The number of nitrogens with two attached hydrogens (primary N) is 1. The normalized spacial score (nSPS) is 17.1. The Morgan fingerprint density at radius 2 is 2.19 bits per heavy atom. The topological polar surface area (TPSA) is 104 Å². The first-order chi connectivity index (χ1) is 13.0. The molecule has 138 valence electrons. The maximum absolute atomic E-state index is 12.4. The highest BCUT2D eigenvalue weighted by atomic mass is 32.1. The minimum atomic E-state index is -0.467. The Hall–Kier alpha value is -3.18. The molecule has 0 saturated heterocycles. The number of carbonyl (C=O) groups excluding carboxylic acids is 1. The van der Waals surface area contributed by atoms with Crippen LogP contribution >= 0.6 is 11.3 Å². The molecule has 4 rings (SSSR count). The molecule has 3 heterocycles. The number of hydrogen-bond acceptors (Lipinski definition) is 8. The van der Waals surface area contributed by atoms with Crippen molar-refractivity contribution >= 4 is 17.3 Å². The molecule has 0 fully saturated rings. The van der Waals surface area contributed by atoms with E-state index in [2.05, 4.69) is 6.07 Å². The van der Waals surface area contributed by atoms with E-state index >= 15 is 0 Å². The van der Waals surface area contributed by atoms with Gasteiger partial charge in [0.1, 0.15) is 17.2 Å². The quantitative estimate of drug-likeness (QED) is 0.811. The number of carbonyl (C=O) groups is 1. The number of ether oxygens (including phenoxy) is 4. The zero-order chi connectivity index (χ0) is 19.1. The predicted molar refractivity (Wildman–Crippen MR) is 96.9 cm³/mol. The molecule has 2 aliphatic rings. The van der Waals surface area contributed by atoms with Crippen molar-refractivity contribution < 1.29 is 23.7 Å². The van der Waals surface area contributed by atoms with Crippen molar-refractivity contribution in [1.82, 2.24) is 0 Å². The third kappa shape index (κ3) is 2.67. The van der Waals surface area contributed by atoms with Gasteiger partial charge in [0.25, 0.3) is 0 Å². The highest BCUT2D eigenvalue weighted by Gasteiger charge is 2.37. The van der Waals surface area contributed by atoms with Crippen molar-refractivity contribution in [3.05, 3.63) is 50.5 Å². The number of aryl methyl sites for hydroxylation is 1. The molecule has 0 saturated carbocycles. The van der Waals surface area contributed by atoms with Crippen LogP contribution in [-0.2, 0) is 4.74 Å². The van der Waals surface area contributed by atoms with Crippen molar-refractivity contribution in [2.75, 3.05) is 13.4 Å². The fraction of sp³-hybridized carbons (Fsp3) is 0.263. The molecule has 2 aromatic rings. The smallest absolute Gasteiger partial charge is 0.343 e. The summed E-state index contributed by atoms with van der Waals surface area (Å²) in [4.78, 5) is 13.9. The van der Waals surface area contributed by atoms with E-state index in [1.54, 1.807) is 13.0 Å². The van der Waals surface area contributed by atoms with Gasteiger partial charge in [0.2, 0.25) is 12.7 Å². The number of nitrogens with zero attached hydrogens (tertiary/aromatic N) is 1. The Bertz CT molecular complexity index is 1020. The van der Waals surface area contributed by atoms with Crippen LogP contribution in [0.3, 0.4) is 0 Å². The van der Waals surface area contributed by atoms with Gasteiger partial charge in [-0.15, -0.1) is 11.3 Å². The number of rotatable bonds is 3. The minimum absolute atomic E-state index is 0.0176. The van der Waals surface area contributed by atoms with E-state index in [9.17, 15) is 10.1 Å². The fourth-order valence-corrected chi connectivity index (χ4v) is 4.46. The van der Waals surface area contributed by atoms with Gasteiger partial charge in [-0.1, -0.05) is 6.07 Å². The van der Waals surface area contributed by atoms with E-state index in [1.165, 1.54) is 11.3 Å². The molecule has 2 aliphatic heterocycles. The molecular weight excluding hydrogens is 368 g/mol. The second-order valence-electron chi connectivity index (χ2n) is 5.98. The Morgan fingerprint density at radius 3 is 2.93 bits per heavy atom. The van der Waals surface area contributed by atoms with E-state index < -0.39 is 11.9 Å². The summed E-state index contributed by atoms with van der Waals surface area (Å²) in [6.07, 6.45) is 0. The van der Waals surface area contributed by atoms with Crippen LogP contribution in [0.15, 0.2) is 29.7 Å². The third-order valence-corrected chi connectivity index (χ3v) is 5.58. The lowest BCUT2D eigenvalue weighted by Crippen LogP contribution is -2.21. The second kappa shape index (κ2) is 6.52. The molecule has 0 spiro atoms. The number of nitriles is 1. The van der Waals surface area contributed by atoms with Crippen LogP contribution in [0.4, 0.5) is 0 Å². The lowest BCUT2D eigenvalue weighted by atomic mass is 9.88. The van der Waals surface area contributed by atoms with Gasteiger partial charge in [0.15, 0.2) is 17.2 Å². The summed E-state index contributed by atoms with van der Waals surface area (Å²) in [6.45, 7) is 3.97. The van der Waals surface area contributed by atoms with Crippen molar-refractivity contribution in [2.24, 2.45) is 5.73 Å². The van der Waals surface area contributed by atoms with Crippen LogP contribution in [0.5, 0.6) is 17.2 Å². The van der Waals surface area contributed by atoms with Gasteiger partial charge in [0.05, 0.1) is 17.4 Å². The first-order valence-corrected chi connectivity index (χ1v) is 9.14. The largest absolute Gasteiger partial charge is 0.462 e. The van der Waals surface area contributed by atoms with E-state index in [0.717, 1.165) is 15.3 Å². The zero-order valence-electron chi connectivity index (χ0n) is 14.7. The lowest BCUT2D eigenvalue weighted by Gasteiger charge is -2.24. The van der Waals surface area contributed by atoms with Crippen molar-refractivity contribution in [3.8, 4) is 23.3 Å². The monoisotopic (exact) mass is 384 g/mol. The van der Waals surface area contributed by atoms with Gasteiger partial charge in [-0.3, -0.25) is 0 Å². The van der Waals surface area contributed by atoms with Crippen molar-refractivity contribution in [3.63, 3.8) is 0 Å². The van der Waals surface area contributed by atoms with E-state index in [0.29, 0.717) is 22.8 Å². The van der Waals surface area contributed by atoms with Crippen LogP contribution in [0.2, 0.25) is 0 Å². The van der Waals surface area contributed by atoms with Gasteiger partial charge < -0.3 is 24.7 Å². The lowest BCUT2D eigenvalue weighted by molar-refractivity contribution is 0.0522. The number of thiophene rings is 1. The van der Waals surface area contributed by atoms with Crippen LogP contribution in [0.1, 0.15) is 38.5 Å². The number of benzene rings is 1. The molecule has 0 bridgehead atoms. The predicted octanol–water partition coefficient (Wildman–Crippen LogP) is 3.18. The molecule has 0 aliphatic carbocycles. The number of esters is 1. The van der Waals surface area contributed by atoms with Crippen LogP contribution in [0, 0.1) is 18.3 Å². The first kappa shape index (κ1) is 17.2. The Balaban J connectivity index is 1.88. The maximum Gasteiger partial charge on any atom is 0.343 e. The number of allylic oxidation sites excluding steroid dienone is 1. The summed E-state index contributed by atoms with van der Waals surface area (Å²) in [6, 6.07) is 7.62. The highest BCUT2D eigenvalue weighted by Crippen LogP contribution is 2.50. The zero-order valence-corrected chi connectivity index (χ0v) is 15.5. The second-order valence-corrected chi connectivity index (χ2v) is 7.24. The van der Waals surface area contributed by atoms with Crippen molar-refractivity contribution in [1.29, 1.82) is 5.26 Å². The Labute approximate surface area is 159 Å². The molecule has 0 amide bonds. The summed E-state index contributed by atoms with van der Waals surface area (Å²) in [5.41, 5.74) is 7.47. The molecule has 1 aromatic carbocycles. The summed E-state index contributed by atoms with van der Waals surface area (Å²) in [5, 5.41) is 9.67. The fourth-order valence-electron chi connectivity index (χ4n) is 3.25. The Morgan fingerprint density at radius 1 is 1.41 bits per heavy atom. The van der Waals surface area contributed by atoms with Crippen molar-refractivity contribution in [2.45, 2.75) is 19.8 Å². The average Bonchev–Trinajstić information content (AvgIpc) is 3.23.